The number of nitrogens with one attached hydrogen (secondary N) is 1. The molecule has 29 heavy (non-hydrogen) atoms. The summed E-state index contributed by atoms with van der Waals surface area (Å²) in [7, 11) is 0. The average molecular weight is 413 g/mol. The van der Waals surface area contributed by atoms with E-state index in [0.717, 1.165) is 38.0 Å². The number of benzene rings is 2. The lowest BCUT2D eigenvalue weighted by Crippen LogP contribution is -2.41. The van der Waals surface area contributed by atoms with Crippen molar-refractivity contribution in [2.24, 2.45) is 5.92 Å². The predicted octanol–water partition coefficient (Wildman–Crippen LogP) is 4.16. The molecule has 1 saturated carbocycles. The molecule has 0 radical (unpaired) electrons. The molecule has 2 amide bonds. The van der Waals surface area contributed by atoms with Gasteiger partial charge >= 0.3 is 0 Å². The van der Waals surface area contributed by atoms with Crippen molar-refractivity contribution in [2.45, 2.75) is 31.7 Å². The van der Waals surface area contributed by atoms with Crippen molar-refractivity contribution in [3.05, 3.63) is 64.7 Å². The van der Waals surface area contributed by atoms with E-state index in [1.165, 1.54) is 0 Å². The number of carbonyl (C=O) groups is 2. The van der Waals surface area contributed by atoms with Gasteiger partial charge < -0.3 is 15.0 Å². The summed E-state index contributed by atoms with van der Waals surface area (Å²) in [6, 6.07) is 14.8. The third-order valence-electron chi connectivity index (χ3n) is 5.43. The van der Waals surface area contributed by atoms with E-state index in [1.807, 2.05) is 29.2 Å². The molecule has 0 spiro atoms. The van der Waals surface area contributed by atoms with Crippen LogP contribution in [0.15, 0.2) is 48.5 Å². The first-order chi connectivity index (χ1) is 14.1. The summed E-state index contributed by atoms with van der Waals surface area (Å²) in [6.45, 7) is 1.94. The van der Waals surface area contributed by atoms with Crippen LogP contribution < -0.4 is 10.1 Å². The molecule has 1 heterocycles. The van der Waals surface area contributed by atoms with Crippen molar-refractivity contribution in [1.82, 2.24) is 10.2 Å². The highest BCUT2D eigenvalue weighted by Crippen LogP contribution is 2.24. The van der Waals surface area contributed by atoms with Crippen LogP contribution in [0.5, 0.6) is 5.75 Å². The van der Waals surface area contributed by atoms with Gasteiger partial charge in [-0.3, -0.25) is 9.59 Å². The quantitative estimate of drug-likeness (QED) is 0.774. The minimum absolute atomic E-state index is 0.0219. The Kier molecular flexibility index (Phi) is 6.05. The van der Waals surface area contributed by atoms with Gasteiger partial charge in [0.15, 0.2) is 0 Å². The summed E-state index contributed by atoms with van der Waals surface area (Å²) < 4.78 is 5.94. The van der Waals surface area contributed by atoms with Gasteiger partial charge in [0.1, 0.15) is 5.75 Å². The molecule has 1 aliphatic carbocycles. The minimum atomic E-state index is -0.0277. The van der Waals surface area contributed by atoms with Crippen LogP contribution in [0.1, 0.15) is 46.4 Å². The zero-order chi connectivity index (χ0) is 20.2. The fourth-order valence-corrected chi connectivity index (χ4v) is 3.82. The first kappa shape index (κ1) is 19.8. The molecule has 1 aliphatic heterocycles. The molecule has 4 rings (SSSR count). The predicted molar refractivity (Wildman–Crippen MR) is 113 cm³/mol. The highest BCUT2D eigenvalue weighted by Gasteiger charge is 2.26. The number of ether oxygens (including phenoxy) is 1. The van der Waals surface area contributed by atoms with Gasteiger partial charge in [-0.1, -0.05) is 23.7 Å². The number of hydrogen-bond donors (Lipinski definition) is 1. The van der Waals surface area contributed by atoms with E-state index in [1.54, 1.807) is 24.3 Å². The van der Waals surface area contributed by atoms with Gasteiger partial charge in [0, 0.05) is 30.6 Å². The highest BCUT2D eigenvalue weighted by molar-refractivity contribution is 6.33. The van der Waals surface area contributed by atoms with Crippen LogP contribution in [-0.2, 0) is 0 Å². The standard InChI is InChI=1S/C23H25ClN2O3/c24-21-6-2-1-5-20(21)23(28)26-13-3-4-16(14-26)15-29-19-11-7-17(8-12-19)22(27)25-18-9-10-18/h1-2,5-8,11-12,16,18H,3-4,9-10,13-15H2,(H,25,27)/t16-/m0/s1. The fraction of sp³-hybridized carbons (Fsp3) is 0.391. The van der Waals surface area contributed by atoms with Crippen LogP contribution in [0.2, 0.25) is 5.02 Å². The third kappa shape index (κ3) is 5.10. The van der Waals surface area contributed by atoms with Gasteiger partial charge in [-0.2, -0.15) is 0 Å². The van der Waals surface area contributed by atoms with Gasteiger partial charge in [0.2, 0.25) is 0 Å². The normalized spacial score (nSPS) is 18.9. The summed E-state index contributed by atoms with van der Waals surface area (Å²) in [5.41, 5.74) is 1.20. The Balaban J connectivity index is 1.30. The zero-order valence-corrected chi connectivity index (χ0v) is 17.0. The largest absolute Gasteiger partial charge is 0.493 e. The van der Waals surface area contributed by atoms with Crippen LogP contribution in [0, 0.1) is 5.92 Å². The van der Waals surface area contributed by atoms with Crippen LogP contribution in [-0.4, -0.2) is 42.5 Å². The molecule has 2 aromatic rings. The Morgan fingerprint density at radius 1 is 1.07 bits per heavy atom. The van der Waals surface area contributed by atoms with Crippen molar-refractivity contribution in [1.29, 1.82) is 0 Å². The molecule has 1 atom stereocenters. The molecule has 2 fully saturated rings. The van der Waals surface area contributed by atoms with E-state index in [9.17, 15) is 9.59 Å². The summed E-state index contributed by atoms with van der Waals surface area (Å²) in [5, 5.41) is 3.47. The number of amides is 2. The van der Waals surface area contributed by atoms with E-state index in [-0.39, 0.29) is 17.7 Å². The summed E-state index contributed by atoms with van der Waals surface area (Å²) in [4.78, 5) is 26.7. The van der Waals surface area contributed by atoms with E-state index >= 15 is 0 Å². The van der Waals surface area contributed by atoms with E-state index < -0.39 is 0 Å². The van der Waals surface area contributed by atoms with Crippen LogP contribution >= 0.6 is 11.6 Å². The van der Waals surface area contributed by atoms with Crippen molar-refractivity contribution in [2.75, 3.05) is 19.7 Å². The molecule has 5 nitrogen and oxygen atoms in total. The molecule has 0 aromatic heterocycles. The fourth-order valence-electron chi connectivity index (χ4n) is 3.60. The topological polar surface area (TPSA) is 58.6 Å². The first-order valence-corrected chi connectivity index (χ1v) is 10.6. The van der Waals surface area contributed by atoms with Crippen molar-refractivity contribution < 1.29 is 14.3 Å². The molecular weight excluding hydrogens is 388 g/mol. The smallest absolute Gasteiger partial charge is 0.255 e. The molecule has 152 valence electrons. The van der Waals surface area contributed by atoms with Gasteiger partial charge in [-0.15, -0.1) is 0 Å². The lowest BCUT2D eigenvalue weighted by molar-refractivity contribution is 0.0633. The van der Waals surface area contributed by atoms with E-state index in [2.05, 4.69) is 5.32 Å². The molecular formula is C23H25ClN2O3. The molecule has 1 saturated heterocycles. The highest BCUT2D eigenvalue weighted by atomic mass is 35.5. The molecule has 2 aromatic carbocycles. The summed E-state index contributed by atoms with van der Waals surface area (Å²) in [6.07, 6.45) is 4.12. The molecule has 6 heteroatoms. The Hall–Kier alpha value is -2.53. The summed E-state index contributed by atoms with van der Waals surface area (Å²) in [5.74, 6) is 0.960. The third-order valence-corrected chi connectivity index (χ3v) is 5.75. The maximum Gasteiger partial charge on any atom is 0.255 e. The second kappa shape index (κ2) is 8.87. The Bertz CT molecular complexity index is 880. The van der Waals surface area contributed by atoms with Crippen molar-refractivity contribution >= 4 is 23.4 Å². The van der Waals surface area contributed by atoms with Gasteiger partial charge in [0.25, 0.3) is 11.8 Å². The number of hydrogen-bond acceptors (Lipinski definition) is 3. The number of piperidine rings is 1. The second-order valence-electron chi connectivity index (χ2n) is 7.82. The van der Waals surface area contributed by atoms with E-state index in [4.69, 9.17) is 16.3 Å². The Morgan fingerprint density at radius 2 is 1.83 bits per heavy atom. The van der Waals surface area contributed by atoms with Crippen LogP contribution in [0.3, 0.4) is 0 Å². The number of likely N-dealkylation sites (tertiary alicyclic amines) is 1. The summed E-state index contributed by atoms with van der Waals surface area (Å²) >= 11 is 6.18. The average Bonchev–Trinajstić information content (AvgIpc) is 3.57. The Morgan fingerprint density at radius 3 is 2.55 bits per heavy atom. The number of halogens is 1. The molecule has 2 aliphatic rings. The van der Waals surface area contributed by atoms with Gasteiger partial charge in [-0.05, 0) is 62.1 Å². The van der Waals surface area contributed by atoms with Crippen molar-refractivity contribution in [3.63, 3.8) is 0 Å². The van der Waals surface area contributed by atoms with Crippen LogP contribution in [0.25, 0.3) is 0 Å². The zero-order valence-electron chi connectivity index (χ0n) is 16.3. The molecule has 1 N–H and O–H groups in total. The number of rotatable bonds is 6. The lowest BCUT2D eigenvalue weighted by atomic mass is 9.98. The second-order valence-corrected chi connectivity index (χ2v) is 8.23. The maximum atomic E-state index is 12.8. The Labute approximate surface area is 176 Å². The monoisotopic (exact) mass is 412 g/mol. The lowest BCUT2D eigenvalue weighted by Gasteiger charge is -2.33. The number of nitrogens with zero attached hydrogens (tertiary/aromatic N) is 1. The number of carbonyl (C=O) groups excluding carboxylic acids is 2. The SMILES string of the molecule is O=C(NC1CC1)c1ccc(OC[C@H]2CCCN(C(=O)c3ccccc3Cl)C2)cc1. The maximum absolute atomic E-state index is 12.8. The van der Waals surface area contributed by atoms with Crippen LogP contribution in [0.4, 0.5) is 0 Å². The van der Waals surface area contributed by atoms with E-state index in [0.29, 0.717) is 35.3 Å². The van der Waals surface area contributed by atoms with Crippen molar-refractivity contribution in [3.8, 4) is 5.75 Å². The minimum Gasteiger partial charge on any atom is -0.493 e. The van der Waals surface area contributed by atoms with Gasteiger partial charge in [0.05, 0.1) is 17.2 Å². The molecule has 0 bridgehead atoms. The first-order valence-electron chi connectivity index (χ1n) is 10.2. The van der Waals surface area contributed by atoms with Gasteiger partial charge in [-0.25, -0.2) is 0 Å². The molecule has 0 unspecified atom stereocenters.